The molecule has 0 aliphatic rings. The molecule has 0 aromatic heterocycles. The van der Waals surface area contributed by atoms with Crippen molar-refractivity contribution in [2.24, 2.45) is 0 Å². The molecule has 1 N–H and O–H groups in total. The fraction of sp³-hybridized carbons (Fsp3) is 0.875. The lowest BCUT2D eigenvalue weighted by atomic mass is 10.0. The summed E-state index contributed by atoms with van der Waals surface area (Å²) >= 11 is 0. The zero-order valence-electron chi connectivity index (χ0n) is 12.5. The number of Topliss-reactive ketones (excluding diaryl/α,β-unsaturated/α-hetero) is 1. The van der Waals surface area contributed by atoms with Gasteiger partial charge in [0.25, 0.3) is 0 Å². The zero-order valence-corrected chi connectivity index (χ0v) is 12.5. The minimum atomic E-state index is -0.723. The summed E-state index contributed by atoms with van der Waals surface area (Å²) in [4.78, 5) is 21.9. The normalized spacial score (nSPS) is 10.6. The van der Waals surface area contributed by atoms with E-state index in [0.29, 0.717) is 12.2 Å². The fourth-order valence-corrected chi connectivity index (χ4v) is 2.18. The second-order valence-electron chi connectivity index (χ2n) is 5.36. The van der Waals surface area contributed by atoms with Crippen molar-refractivity contribution in [3.63, 3.8) is 0 Å². The maximum atomic E-state index is 11.6. The number of unbranched alkanes of at least 4 members (excludes halogenated alkanes) is 8. The van der Waals surface area contributed by atoms with Gasteiger partial charge in [-0.25, -0.2) is 0 Å². The first-order chi connectivity index (χ1) is 9.16. The molecule has 0 unspecified atom stereocenters. The lowest BCUT2D eigenvalue weighted by Crippen LogP contribution is -1.98. The van der Waals surface area contributed by atoms with E-state index < -0.39 is 5.97 Å². The molecule has 112 valence electrons. The van der Waals surface area contributed by atoms with Crippen LogP contribution in [0.25, 0.3) is 0 Å². The van der Waals surface area contributed by atoms with Crippen molar-refractivity contribution in [3.05, 3.63) is 0 Å². The van der Waals surface area contributed by atoms with Crippen molar-refractivity contribution in [1.82, 2.24) is 0 Å². The highest BCUT2D eigenvalue weighted by atomic mass is 16.4. The predicted octanol–water partition coefficient (Wildman–Crippen LogP) is 4.73. The molecule has 0 saturated heterocycles. The van der Waals surface area contributed by atoms with Crippen molar-refractivity contribution in [3.8, 4) is 0 Å². The Morgan fingerprint density at radius 1 is 0.684 bits per heavy atom. The van der Waals surface area contributed by atoms with Crippen LogP contribution in [-0.4, -0.2) is 16.9 Å². The Morgan fingerprint density at radius 2 is 1.11 bits per heavy atom. The van der Waals surface area contributed by atoms with Crippen molar-refractivity contribution in [2.75, 3.05) is 0 Å². The van der Waals surface area contributed by atoms with Gasteiger partial charge in [0.1, 0.15) is 5.78 Å². The second kappa shape index (κ2) is 13.6. The van der Waals surface area contributed by atoms with E-state index in [2.05, 4.69) is 6.92 Å². The number of carboxylic acid groups (broad SMARTS) is 1. The first-order valence-electron chi connectivity index (χ1n) is 7.90. The Bertz CT molecular complexity index is 236. The molecule has 0 fully saturated rings. The zero-order chi connectivity index (χ0) is 14.3. The third-order valence-corrected chi connectivity index (χ3v) is 3.41. The van der Waals surface area contributed by atoms with Crippen LogP contribution in [0.4, 0.5) is 0 Å². The SMILES string of the molecule is CCCCCCCCC(=O)CCCCCCC(=O)O. The summed E-state index contributed by atoms with van der Waals surface area (Å²) in [6.07, 6.45) is 12.6. The number of hydrogen-bond acceptors (Lipinski definition) is 2. The highest BCUT2D eigenvalue weighted by Crippen LogP contribution is 2.10. The highest BCUT2D eigenvalue weighted by molar-refractivity contribution is 5.78. The Balaban J connectivity index is 3.19. The van der Waals surface area contributed by atoms with Gasteiger partial charge in [-0.05, 0) is 19.3 Å². The molecule has 0 rings (SSSR count). The van der Waals surface area contributed by atoms with Crippen LogP contribution in [0.15, 0.2) is 0 Å². The molecule has 0 atom stereocenters. The molecule has 0 spiro atoms. The van der Waals surface area contributed by atoms with Crippen molar-refractivity contribution in [2.45, 2.75) is 90.4 Å². The van der Waals surface area contributed by atoms with Crippen molar-refractivity contribution < 1.29 is 14.7 Å². The smallest absolute Gasteiger partial charge is 0.303 e. The largest absolute Gasteiger partial charge is 0.481 e. The monoisotopic (exact) mass is 270 g/mol. The maximum Gasteiger partial charge on any atom is 0.303 e. The molecule has 0 radical (unpaired) electrons. The summed E-state index contributed by atoms with van der Waals surface area (Å²) in [5, 5.41) is 8.48. The van der Waals surface area contributed by atoms with E-state index in [1.165, 1.54) is 32.1 Å². The first kappa shape index (κ1) is 18.1. The van der Waals surface area contributed by atoms with Crippen LogP contribution in [-0.2, 0) is 9.59 Å². The number of rotatable bonds is 14. The van der Waals surface area contributed by atoms with Crippen LogP contribution in [0.2, 0.25) is 0 Å². The third kappa shape index (κ3) is 15.1. The molecule has 0 aliphatic heterocycles. The van der Waals surface area contributed by atoms with Gasteiger partial charge in [0.15, 0.2) is 0 Å². The number of ketones is 1. The van der Waals surface area contributed by atoms with Gasteiger partial charge in [0.05, 0.1) is 0 Å². The fourth-order valence-electron chi connectivity index (χ4n) is 2.18. The van der Waals surface area contributed by atoms with E-state index in [9.17, 15) is 9.59 Å². The summed E-state index contributed by atoms with van der Waals surface area (Å²) in [7, 11) is 0. The Labute approximate surface area is 117 Å². The molecule has 0 aromatic rings. The first-order valence-corrected chi connectivity index (χ1v) is 7.90. The van der Waals surface area contributed by atoms with Crippen molar-refractivity contribution >= 4 is 11.8 Å². The molecule has 0 saturated carbocycles. The summed E-state index contributed by atoms with van der Waals surface area (Å²) in [6, 6.07) is 0. The number of carbonyl (C=O) groups is 2. The number of carbonyl (C=O) groups excluding carboxylic acids is 1. The minimum absolute atomic E-state index is 0.256. The van der Waals surface area contributed by atoms with E-state index in [0.717, 1.165) is 38.5 Å². The molecular weight excluding hydrogens is 240 g/mol. The summed E-state index contributed by atoms with van der Waals surface area (Å²) in [5.41, 5.74) is 0. The van der Waals surface area contributed by atoms with Gasteiger partial charge in [-0.3, -0.25) is 9.59 Å². The van der Waals surface area contributed by atoms with Gasteiger partial charge in [-0.1, -0.05) is 51.9 Å². The molecule has 0 aromatic carbocycles. The Hall–Kier alpha value is -0.860. The maximum absolute atomic E-state index is 11.6. The van der Waals surface area contributed by atoms with Gasteiger partial charge in [-0.15, -0.1) is 0 Å². The van der Waals surface area contributed by atoms with Crippen LogP contribution in [0, 0.1) is 0 Å². The van der Waals surface area contributed by atoms with Gasteiger partial charge in [-0.2, -0.15) is 0 Å². The lowest BCUT2D eigenvalue weighted by molar-refractivity contribution is -0.137. The summed E-state index contributed by atoms with van der Waals surface area (Å²) < 4.78 is 0. The van der Waals surface area contributed by atoms with E-state index in [1.807, 2.05) is 0 Å². The van der Waals surface area contributed by atoms with Crippen LogP contribution in [0.1, 0.15) is 90.4 Å². The number of hydrogen-bond donors (Lipinski definition) is 1. The van der Waals surface area contributed by atoms with Crippen LogP contribution >= 0.6 is 0 Å². The third-order valence-electron chi connectivity index (χ3n) is 3.41. The van der Waals surface area contributed by atoms with E-state index in [4.69, 9.17) is 5.11 Å². The van der Waals surface area contributed by atoms with Crippen LogP contribution < -0.4 is 0 Å². The summed E-state index contributed by atoms with van der Waals surface area (Å²) in [5.74, 6) is -0.340. The van der Waals surface area contributed by atoms with E-state index >= 15 is 0 Å². The van der Waals surface area contributed by atoms with Gasteiger partial charge in [0.2, 0.25) is 0 Å². The quantitative estimate of drug-likeness (QED) is 0.464. The number of aliphatic carboxylic acids is 1. The highest BCUT2D eigenvalue weighted by Gasteiger charge is 2.02. The molecular formula is C16H30O3. The van der Waals surface area contributed by atoms with Gasteiger partial charge >= 0.3 is 5.97 Å². The molecule has 0 heterocycles. The minimum Gasteiger partial charge on any atom is -0.481 e. The predicted molar refractivity (Wildman–Crippen MR) is 78.3 cm³/mol. The molecule has 0 bridgehead atoms. The lowest BCUT2D eigenvalue weighted by Gasteiger charge is -2.02. The standard InChI is InChI=1S/C16H30O3/c1-2-3-4-5-6-9-12-15(17)13-10-7-8-11-14-16(18)19/h2-14H2,1H3,(H,18,19). The molecule has 3 heteroatoms. The Kier molecular flexibility index (Phi) is 13.0. The topological polar surface area (TPSA) is 54.4 Å². The van der Waals surface area contributed by atoms with Crippen molar-refractivity contribution in [1.29, 1.82) is 0 Å². The van der Waals surface area contributed by atoms with Gasteiger partial charge < -0.3 is 5.11 Å². The average molecular weight is 270 g/mol. The van der Waals surface area contributed by atoms with Gasteiger partial charge in [0, 0.05) is 19.3 Å². The van der Waals surface area contributed by atoms with E-state index in [1.54, 1.807) is 0 Å². The summed E-state index contributed by atoms with van der Waals surface area (Å²) in [6.45, 7) is 2.21. The molecule has 19 heavy (non-hydrogen) atoms. The average Bonchev–Trinajstić information content (AvgIpc) is 2.37. The second-order valence-corrected chi connectivity index (χ2v) is 5.36. The molecule has 3 nitrogen and oxygen atoms in total. The van der Waals surface area contributed by atoms with E-state index in [-0.39, 0.29) is 6.42 Å². The molecule has 0 amide bonds. The Morgan fingerprint density at radius 3 is 1.58 bits per heavy atom. The number of carboxylic acids is 1. The van der Waals surface area contributed by atoms with Crippen LogP contribution in [0.5, 0.6) is 0 Å². The van der Waals surface area contributed by atoms with Crippen LogP contribution in [0.3, 0.4) is 0 Å². The molecule has 0 aliphatic carbocycles.